The van der Waals surface area contributed by atoms with Gasteiger partial charge in [-0.1, -0.05) is 26.7 Å². The Bertz CT molecular complexity index is 573. The molecule has 0 bridgehead atoms. The van der Waals surface area contributed by atoms with Crippen LogP contribution in [0.1, 0.15) is 56.8 Å². The maximum atomic E-state index is 12.4. The van der Waals surface area contributed by atoms with Crippen LogP contribution in [0, 0.1) is 0 Å². The SMILES string of the molecule is CCCCOc1ccc(C(=O)NC(C)(CCC)C(=O)O)cc1OC. The van der Waals surface area contributed by atoms with Crippen LogP contribution in [0.3, 0.4) is 0 Å². The fourth-order valence-corrected chi connectivity index (χ4v) is 2.30. The van der Waals surface area contributed by atoms with E-state index in [1.165, 1.54) is 14.0 Å². The van der Waals surface area contributed by atoms with Crippen molar-refractivity contribution in [2.45, 2.75) is 52.0 Å². The summed E-state index contributed by atoms with van der Waals surface area (Å²) >= 11 is 0. The second kappa shape index (κ2) is 9.15. The van der Waals surface area contributed by atoms with Crippen molar-refractivity contribution in [1.29, 1.82) is 0 Å². The maximum absolute atomic E-state index is 12.4. The average molecular weight is 337 g/mol. The van der Waals surface area contributed by atoms with Crippen LogP contribution in [-0.4, -0.2) is 36.2 Å². The first-order valence-corrected chi connectivity index (χ1v) is 8.24. The van der Waals surface area contributed by atoms with Crippen molar-refractivity contribution in [1.82, 2.24) is 5.32 Å². The molecule has 2 N–H and O–H groups in total. The van der Waals surface area contributed by atoms with Gasteiger partial charge >= 0.3 is 5.97 Å². The number of unbranched alkanes of at least 4 members (excludes halogenated alkanes) is 1. The predicted molar refractivity (Wildman–Crippen MR) is 91.8 cm³/mol. The van der Waals surface area contributed by atoms with Crippen LogP contribution in [0.5, 0.6) is 11.5 Å². The van der Waals surface area contributed by atoms with E-state index in [0.29, 0.717) is 36.5 Å². The van der Waals surface area contributed by atoms with E-state index in [0.717, 1.165) is 12.8 Å². The Morgan fingerprint density at radius 1 is 1.21 bits per heavy atom. The number of carboxylic acids is 1. The number of ether oxygens (including phenoxy) is 2. The van der Waals surface area contributed by atoms with E-state index in [4.69, 9.17) is 9.47 Å². The van der Waals surface area contributed by atoms with Crippen molar-refractivity contribution in [3.63, 3.8) is 0 Å². The number of carbonyl (C=O) groups is 2. The molecule has 1 atom stereocenters. The van der Waals surface area contributed by atoms with Crippen LogP contribution < -0.4 is 14.8 Å². The third-order valence-electron chi connectivity index (χ3n) is 3.79. The van der Waals surface area contributed by atoms with Gasteiger partial charge in [0.25, 0.3) is 5.91 Å². The second-order valence-corrected chi connectivity index (χ2v) is 5.91. The van der Waals surface area contributed by atoms with Gasteiger partial charge in [-0.2, -0.15) is 0 Å². The Balaban J connectivity index is 2.93. The summed E-state index contributed by atoms with van der Waals surface area (Å²) in [5.41, 5.74) is -0.965. The van der Waals surface area contributed by atoms with Gasteiger partial charge in [0.2, 0.25) is 0 Å². The van der Waals surface area contributed by atoms with Crippen LogP contribution >= 0.6 is 0 Å². The van der Waals surface area contributed by atoms with Gasteiger partial charge in [-0.05, 0) is 38.0 Å². The van der Waals surface area contributed by atoms with Crippen molar-refractivity contribution in [2.24, 2.45) is 0 Å². The van der Waals surface area contributed by atoms with Crippen molar-refractivity contribution in [3.8, 4) is 11.5 Å². The lowest BCUT2D eigenvalue weighted by molar-refractivity contribution is -0.144. The zero-order valence-corrected chi connectivity index (χ0v) is 14.8. The summed E-state index contributed by atoms with van der Waals surface area (Å²) in [7, 11) is 1.50. The van der Waals surface area contributed by atoms with Gasteiger partial charge in [-0.3, -0.25) is 4.79 Å². The first-order valence-electron chi connectivity index (χ1n) is 8.24. The number of carboxylic acid groups (broad SMARTS) is 1. The Hall–Kier alpha value is -2.24. The molecule has 0 fully saturated rings. The fourth-order valence-electron chi connectivity index (χ4n) is 2.30. The van der Waals surface area contributed by atoms with Crippen molar-refractivity contribution in [2.75, 3.05) is 13.7 Å². The molecule has 1 rings (SSSR count). The lowest BCUT2D eigenvalue weighted by atomic mass is 9.95. The molecule has 1 amide bonds. The van der Waals surface area contributed by atoms with Gasteiger partial charge in [0.05, 0.1) is 13.7 Å². The molecule has 0 heterocycles. The van der Waals surface area contributed by atoms with E-state index in [2.05, 4.69) is 12.2 Å². The smallest absolute Gasteiger partial charge is 0.329 e. The number of benzene rings is 1. The molecule has 1 aromatic rings. The van der Waals surface area contributed by atoms with E-state index in [9.17, 15) is 14.7 Å². The third-order valence-corrected chi connectivity index (χ3v) is 3.79. The number of hydrogen-bond donors (Lipinski definition) is 2. The molecular formula is C18H27NO5. The molecule has 6 nitrogen and oxygen atoms in total. The molecule has 0 aliphatic carbocycles. The minimum absolute atomic E-state index is 0.332. The number of methoxy groups -OCH3 is 1. The summed E-state index contributed by atoms with van der Waals surface area (Å²) in [5, 5.41) is 12.0. The lowest BCUT2D eigenvalue weighted by Crippen LogP contribution is -2.52. The molecule has 0 radical (unpaired) electrons. The largest absolute Gasteiger partial charge is 0.493 e. The Kier molecular flexibility index (Phi) is 7.55. The molecule has 0 aliphatic rings. The number of amides is 1. The topological polar surface area (TPSA) is 84.9 Å². The average Bonchev–Trinajstić information content (AvgIpc) is 2.55. The highest BCUT2D eigenvalue weighted by Gasteiger charge is 2.34. The normalized spacial score (nSPS) is 13.0. The summed E-state index contributed by atoms with van der Waals surface area (Å²) < 4.78 is 10.9. The summed E-state index contributed by atoms with van der Waals surface area (Å²) in [6.45, 7) is 6.03. The molecule has 0 saturated carbocycles. The molecular weight excluding hydrogens is 310 g/mol. The van der Waals surface area contributed by atoms with E-state index >= 15 is 0 Å². The minimum atomic E-state index is -1.30. The van der Waals surface area contributed by atoms with Crippen molar-refractivity contribution < 1.29 is 24.2 Å². The second-order valence-electron chi connectivity index (χ2n) is 5.91. The zero-order valence-electron chi connectivity index (χ0n) is 14.8. The van der Waals surface area contributed by atoms with Crippen LogP contribution in [0.2, 0.25) is 0 Å². The monoisotopic (exact) mass is 337 g/mol. The Labute approximate surface area is 143 Å². The molecule has 6 heteroatoms. The standard InChI is InChI=1S/C18H27NO5/c1-5-7-11-24-14-9-8-13(12-15(14)23-4)16(20)19-18(3,10-6-2)17(21)22/h8-9,12H,5-7,10-11H2,1-4H3,(H,19,20)(H,21,22). The van der Waals surface area contributed by atoms with Gasteiger partial charge in [0.15, 0.2) is 11.5 Å². The molecule has 24 heavy (non-hydrogen) atoms. The zero-order chi connectivity index (χ0) is 18.2. The van der Waals surface area contributed by atoms with Gasteiger partial charge in [0.1, 0.15) is 5.54 Å². The highest BCUT2D eigenvalue weighted by atomic mass is 16.5. The maximum Gasteiger partial charge on any atom is 0.329 e. The molecule has 0 saturated heterocycles. The van der Waals surface area contributed by atoms with Gasteiger partial charge in [-0.15, -0.1) is 0 Å². The lowest BCUT2D eigenvalue weighted by Gasteiger charge is -2.26. The number of hydrogen-bond acceptors (Lipinski definition) is 4. The summed E-state index contributed by atoms with van der Waals surface area (Å²) in [4.78, 5) is 23.9. The van der Waals surface area contributed by atoms with Crippen LogP contribution in [0.25, 0.3) is 0 Å². The number of aliphatic carboxylic acids is 1. The Morgan fingerprint density at radius 3 is 2.46 bits per heavy atom. The minimum Gasteiger partial charge on any atom is -0.493 e. The fraction of sp³-hybridized carbons (Fsp3) is 0.556. The van der Waals surface area contributed by atoms with Crippen LogP contribution in [-0.2, 0) is 4.79 Å². The summed E-state index contributed by atoms with van der Waals surface area (Å²) in [6, 6.07) is 4.83. The van der Waals surface area contributed by atoms with E-state index in [-0.39, 0.29) is 0 Å². The number of nitrogens with one attached hydrogen (secondary N) is 1. The molecule has 1 aromatic carbocycles. The van der Waals surface area contributed by atoms with Crippen molar-refractivity contribution in [3.05, 3.63) is 23.8 Å². The van der Waals surface area contributed by atoms with Gasteiger partial charge in [-0.25, -0.2) is 4.79 Å². The third kappa shape index (κ3) is 5.15. The molecule has 0 aliphatic heterocycles. The number of rotatable bonds is 10. The number of carbonyl (C=O) groups excluding carboxylic acids is 1. The van der Waals surface area contributed by atoms with Crippen LogP contribution in [0.15, 0.2) is 18.2 Å². The van der Waals surface area contributed by atoms with E-state index < -0.39 is 17.4 Å². The first-order chi connectivity index (χ1) is 11.4. The molecule has 0 spiro atoms. The highest BCUT2D eigenvalue weighted by Crippen LogP contribution is 2.28. The van der Waals surface area contributed by atoms with Crippen molar-refractivity contribution >= 4 is 11.9 Å². The van der Waals surface area contributed by atoms with Gasteiger partial charge < -0.3 is 19.9 Å². The first kappa shape index (κ1) is 19.8. The molecule has 0 aromatic heterocycles. The van der Waals surface area contributed by atoms with Crippen LogP contribution in [0.4, 0.5) is 0 Å². The summed E-state index contributed by atoms with van der Waals surface area (Å²) in [6.07, 6.45) is 2.95. The highest BCUT2D eigenvalue weighted by molar-refractivity contribution is 5.98. The van der Waals surface area contributed by atoms with E-state index in [1.54, 1.807) is 18.2 Å². The molecule has 1 unspecified atom stereocenters. The predicted octanol–water partition coefficient (Wildman–Crippen LogP) is 3.25. The Morgan fingerprint density at radius 2 is 1.92 bits per heavy atom. The van der Waals surface area contributed by atoms with Gasteiger partial charge in [0, 0.05) is 5.56 Å². The quantitative estimate of drug-likeness (QED) is 0.640. The van der Waals surface area contributed by atoms with E-state index in [1.807, 2.05) is 6.92 Å². The molecule has 134 valence electrons. The summed E-state index contributed by atoms with van der Waals surface area (Å²) in [5.74, 6) is -0.487.